The van der Waals surface area contributed by atoms with Gasteiger partial charge in [0.05, 0.1) is 17.8 Å². The minimum absolute atomic E-state index is 0.0339. The molecule has 0 spiro atoms. The third-order valence-corrected chi connectivity index (χ3v) is 6.58. The number of aromatic amines is 1. The highest BCUT2D eigenvalue weighted by atomic mass is 35.5. The molecular formula is C24H26ClN3O2. The number of hydrogen-bond donors (Lipinski definition) is 1. The molecular weight excluding hydrogens is 398 g/mol. The Kier molecular flexibility index (Phi) is 5.48. The van der Waals surface area contributed by atoms with Gasteiger partial charge in [0.25, 0.3) is 5.56 Å². The second-order valence-electron chi connectivity index (χ2n) is 8.44. The van der Waals surface area contributed by atoms with Crippen LogP contribution in [0.1, 0.15) is 60.9 Å². The van der Waals surface area contributed by atoms with Crippen molar-refractivity contribution >= 4 is 11.6 Å². The summed E-state index contributed by atoms with van der Waals surface area (Å²) in [6.07, 6.45) is 6.86. The highest BCUT2D eigenvalue weighted by molar-refractivity contribution is 6.30. The first-order chi connectivity index (χ1) is 14.7. The van der Waals surface area contributed by atoms with E-state index in [0.29, 0.717) is 24.0 Å². The summed E-state index contributed by atoms with van der Waals surface area (Å²) < 4.78 is 6.04. The second-order valence-corrected chi connectivity index (χ2v) is 8.88. The molecule has 1 aromatic carbocycles. The van der Waals surface area contributed by atoms with Crippen molar-refractivity contribution in [2.45, 2.75) is 57.5 Å². The summed E-state index contributed by atoms with van der Waals surface area (Å²) in [7, 11) is 0. The zero-order valence-corrected chi connectivity index (χ0v) is 17.8. The molecule has 2 aliphatic rings. The van der Waals surface area contributed by atoms with E-state index in [0.717, 1.165) is 60.0 Å². The molecule has 30 heavy (non-hydrogen) atoms. The SMILES string of the molecule is O=c1[nH]c(C2CCCCC2)nc2c1CN(Cc1ccc(-c3ccc(Cl)cc3)o1)CC2. The monoisotopic (exact) mass is 423 g/mol. The number of benzene rings is 1. The average molecular weight is 424 g/mol. The van der Waals surface area contributed by atoms with Gasteiger partial charge in [-0.1, -0.05) is 30.9 Å². The van der Waals surface area contributed by atoms with Gasteiger partial charge >= 0.3 is 0 Å². The van der Waals surface area contributed by atoms with Gasteiger partial charge in [-0.15, -0.1) is 0 Å². The average Bonchev–Trinajstić information content (AvgIpc) is 3.23. The van der Waals surface area contributed by atoms with Crippen molar-refractivity contribution in [2.24, 2.45) is 0 Å². The first-order valence-electron chi connectivity index (χ1n) is 10.8. The highest BCUT2D eigenvalue weighted by Gasteiger charge is 2.25. The highest BCUT2D eigenvalue weighted by Crippen LogP contribution is 2.31. The molecule has 3 heterocycles. The number of furan rings is 1. The number of nitrogens with zero attached hydrogens (tertiary/aromatic N) is 2. The molecule has 1 aliphatic carbocycles. The largest absolute Gasteiger partial charge is 0.460 e. The molecule has 5 nitrogen and oxygen atoms in total. The molecule has 5 rings (SSSR count). The molecule has 156 valence electrons. The molecule has 0 saturated heterocycles. The van der Waals surface area contributed by atoms with Gasteiger partial charge in [-0.3, -0.25) is 9.69 Å². The Hall–Kier alpha value is -2.37. The Balaban J connectivity index is 1.29. The summed E-state index contributed by atoms with van der Waals surface area (Å²) in [6, 6.07) is 11.6. The molecule has 1 saturated carbocycles. The third-order valence-electron chi connectivity index (χ3n) is 6.33. The van der Waals surface area contributed by atoms with Gasteiger partial charge in [-0.25, -0.2) is 4.98 Å². The predicted octanol–water partition coefficient (Wildman–Crippen LogP) is 5.29. The van der Waals surface area contributed by atoms with Crippen LogP contribution in [0.2, 0.25) is 5.02 Å². The van der Waals surface area contributed by atoms with Crippen LogP contribution in [0.25, 0.3) is 11.3 Å². The van der Waals surface area contributed by atoms with Crippen molar-refractivity contribution < 1.29 is 4.42 Å². The lowest BCUT2D eigenvalue weighted by Crippen LogP contribution is -2.36. The van der Waals surface area contributed by atoms with E-state index < -0.39 is 0 Å². The van der Waals surface area contributed by atoms with E-state index in [9.17, 15) is 4.79 Å². The maximum absolute atomic E-state index is 12.8. The van der Waals surface area contributed by atoms with E-state index in [4.69, 9.17) is 21.0 Å². The maximum atomic E-state index is 12.8. The fourth-order valence-corrected chi connectivity index (χ4v) is 4.78. The minimum atomic E-state index is 0.0339. The van der Waals surface area contributed by atoms with E-state index in [1.54, 1.807) is 0 Å². The number of rotatable bonds is 4. The lowest BCUT2D eigenvalue weighted by Gasteiger charge is -2.28. The Morgan fingerprint density at radius 3 is 2.70 bits per heavy atom. The normalized spacial score (nSPS) is 17.8. The number of hydrogen-bond acceptors (Lipinski definition) is 4. The molecule has 0 bridgehead atoms. The van der Waals surface area contributed by atoms with Gasteiger partial charge in [-0.05, 0) is 49.2 Å². The van der Waals surface area contributed by atoms with Crippen LogP contribution in [0.15, 0.2) is 45.6 Å². The number of aromatic nitrogens is 2. The molecule has 6 heteroatoms. The Morgan fingerprint density at radius 2 is 1.90 bits per heavy atom. The van der Waals surface area contributed by atoms with Gasteiger partial charge in [0.1, 0.15) is 17.3 Å². The number of nitrogens with one attached hydrogen (secondary N) is 1. The zero-order chi connectivity index (χ0) is 20.5. The van der Waals surface area contributed by atoms with E-state index in [2.05, 4.69) is 9.88 Å². The number of H-pyrrole nitrogens is 1. The Labute approximate surface area is 181 Å². The maximum Gasteiger partial charge on any atom is 0.255 e. The summed E-state index contributed by atoms with van der Waals surface area (Å²) in [4.78, 5) is 23.0. The summed E-state index contributed by atoms with van der Waals surface area (Å²) in [5, 5.41) is 0.711. The van der Waals surface area contributed by atoms with Crippen LogP contribution in [0.4, 0.5) is 0 Å². The van der Waals surface area contributed by atoms with Crippen LogP contribution in [-0.4, -0.2) is 21.4 Å². The molecule has 1 fully saturated rings. The van der Waals surface area contributed by atoms with Crippen molar-refractivity contribution in [2.75, 3.05) is 6.54 Å². The van der Waals surface area contributed by atoms with Crippen molar-refractivity contribution in [3.8, 4) is 11.3 Å². The van der Waals surface area contributed by atoms with Gasteiger partial charge in [0.2, 0.25) is 0 Å². The Morgan fingerprint density at radius 1 is 1.10 bits per heavy atom. The van der Waals surface area contributed by atoms with Crippen LogP contribution in [0, 0.1) is 0 Å². The van der Waals surface area contributed by atoms with Gasteiger partial charge in [0.15, 0.2) is 0 Å². The fourth-order valence-electron chi connectivity index (χ4n) is 4.66. The fraction of sp³-hybridized carbons (Fsp3) is 0.417. The second kappa shape index (κ2) is 8.40. The van der Waals surface area contributed by atoms with Crippen molar-refractivity contribution in [3.05, 3.63) is 74.6 Å². The molecule has 0 radical (unpaired) electrons. The lowest BCUT2D eigenvalue weighted by atomic mass is 9.88. The van der Waals surface area contributed by atoms with E-state index in [1.807, 2.05) is 36.4 Å². The smallest absolute Gasteiger partial charge is 0.255 e. The van der Waals surface area contributed by atoms with Crippen LogP contribution < -0.4 is 5.56 Å². The molecule has 2 aromatic heterocycles. The molecule has 0 atom stereocenters. The van der Waals surface area contributed by atoms with Crippen molar-refractivity contribution in [1.29, 1.82) is 0 Å². The Bertz CT molecular complexity index is 1080. The van der Waals surface area contributed by atoms with E-state index >= 15 is 0 Å². The summed E-state index contributed by atoms with van der Waals surface area (Å²) in [5.74, 6) is 3.05. The predicted molar refractivity (Wildman–Crippen MR) is 118 cm³/mol. The number of halogens is 1. The first-order valence-corrected chi connectivity index (χ1v) is 11.2. The van der Waals surface area contributed by atoms with Gasteiger partial charge in [-0.2, -0.15) is 0 Å². The van der Waals surface area contributed by atoms with Crippen LogP contribution in [-0.2, 0) is 19.5 Å². The van der Waals surface area contributed by atoms with Crippen LogP contribution >= 0.6 is 11.6 Å². The van der Waals surface area contributed by atoms with Gasteiger partial charge < -0.3 is 9.40 Å². The summed E-state index contributed by atoms with van der Waals surface area (Å²) >= 11 is 5.97. The molecule has 1 N–H and O–H groups in total. The quantitative estimate of drug-likeness (QED) is 0.619. The topological polar surface area (TPSA) is 62.1 Å². The van der Waals surface area contributed by atoms with Crippen molar-refractivity contribution in [1.82, 2.24) is 14.9 Å². The minimum Gasteiger partial charge on any atom is -0.460 e. The van der Waals surface area contributed by atoms with Crippen molar-refractivity contribution in [3.63, 3.8) is 0 Å². The zero-order valence-electron chi connectivity index (χ0n) is 17.0. The summed E-state index contributed by atoms with van der Waals surface area (Å²) in [6.45, 7) is 2.17. The molecule has 3 aromatic rings. The van der Waals surface area contributed by atoms with E-state index in [1.165, 1.54) is 19.3 Å². The first kappa shape index (κ1) is 19.6. The standard InChI is InChI=1S/C24H26ClN3O2/c25-18-8-6-16(7-9-18)22-11-10-19(30-22)14-28-13-12-21-20(15-28)24(29)27-23(26-21)17-4-2-1-3-5-17/h6-11,17H,1-5,12-15H2,(H,26,27,29). The van der Waals surface area contributed by atoms with Gasteiger partial charge in [0, 0.05) is 36.0 Å². The molecule has 0 amide bonds. The van der Waals surface area contributed by atoms with Crippen LogP contribution in [0.3, 0.4) is 0 Å². The number of fused-ring (bicyclic) bond motifs is 1. The van der Waals surface area contributed by atoms with Crippen LogP contribution in [0.5, 0.6) is 0 Å². The lowest BCUT2D eigenvalue weighted by molar-refractivity contribution is 0.222. The molecule has 1 aliphatic heterocycles. The molecule has 0 unspecified atom stereocenters. The van der Waals surface area contributed by atoms with E-state index in [-0.39, 0.29) is 5.56 Å². The summed E-state index contributed by atoms with van der Waals surface area (Å²) in [5.41, 5.74) is 2.83. The third kappa shape index (κ3) is 4.09.